The van der Waals surface area contributed by atoms with Crippen LogP contribution in [0.2, 0.25) is 5.02 Å². The first-order valence-electron chi connectivity index (χ1n) is 10.4. The highest BCUT2D eigenvalue weighted by atomic mass is 35.5. The number of fused-ring (bicyclic) bond motifs is 1. The Morgan fingerprint density at radius 2 is 1.82 bits per heavy atom. The van der Waals surface area contributed by atoms with Crippen molar-refractivity contribution in [2.24, 2.45) is 4.99 Å². The minimum atomic E-state index is -0.0666. The van der Waals surface area contributed by atoms with E-state index in [1.807, 2.05) is 54.4 Å². The molecule has 2 heterocycles. The number of phenols is 1. The number of benzene rings is 3. The number of hydrogen-bond acceptors (Lipinski definition) is 6. The minimum absolute atomic E-state index is 0.0666. The van der Waals surface area contributed by atoms with Crippen molar-refractivity contribution in [1.82, 2.24) is 4.90 Å². The van der Waals surface area contributed by atoms with Crippen molar-refractivity contribution in [2.45, 2.75) is 11.3 Å². The van der Waals surface area contributed by atoms with Crippen molar-refractivity contribution >= 4 is 57.6 Å². The fraction of sp³-hybridized carbons (Fsp3) is 0.120. The summed E-state index contributed by atoms with van der Waals surface area (Å²) in [6.45, 7) is 0.511. The van der Waals surface area contributed by atoms with Gasteiger partial charge in [-0.15, -0.1) is 0 Å². The monoisotopic (exact) mass is 493 g/mol. The Morgan fingerprint density at radius 1 is 1.00 bits per heavy atom. The Bertz CT molecular complexity index is 1290. The molecule has 1 N–H and O–H groups in total. The summed E-state index contributed by atoms with van der Waals surface area (Å²) in [5.41, 5.74) is 2.74. The molecule has 1 fully saturated rings. The number of amidine groups is 1. The number of aromatic hydroxyl groups is 1. The van der Waals surface area contributed by atoms with Gasteiger partial charge >= 0.3 is 0 Å². The SMILES string of the molecule is CN1C(=C2SC(=Nc3cccc(O)c3)N(CCc3ccccc3)C2=O)Sc2ccc(Cl)cc21. The van der Waals surface area contributed by atoms with Crippen LogP contribution in [-0.2, 0) is 11.2 Å². The number of aliphatic imine (C=N–C) groups is 1. The van der Waals surface area contributed by atoms with Crippen LogP contribution < -0.4 is 4.90 Å². The number of amides is 1. The topological polar surface area (TPSA) is 56.1 Å². The molecular weight excluding hydrogens is 474 g/mol. The molecule has 0 aliphatic carbocycles. The van der Waals surface area contributed by atoms with Crippen LogP contribution in [0.25, 0.3) is 0 Å². The lowest BCUT2D eigenvalue weighted by Gasteiger charge is -2.17. The number of carbonyl (C=O) groups excluding carboxylic acids is 1. The second-order valence-corrected chi connectivity index (χ2v) is 10.1. The zero-order valence-corrected chi connectivity index (χ0v) is 20.1. The van der Waals surface area contributed by atoms with Crippen LogP contribution >= 0.6 is 35.1 Å². The first-order valence-corrected chi connectivity index (χ1v) is 12.4. The smallest absolute Gasteiger partial charge is 0.269 e. The molecule has 0 atom stereocenters. The molecule has 0 radical (unpaired) electrons. The third kappa shape index (κ3) is 4.49. The van der Waals surface area contributed by atoms with Crippen LogP contribution in [0.3, 0.4) is 0 Å². The quantitative estimate of drug-likeness (QED) is 0.434. The molecular formula is C25H20ClN3O2S2. The van der Waals surface area contributed by atoms with E-state index in [-0.39, 0.29) is 11.7 Å². The average molecular weight is 494 g/mol. The first-order chi connectivity index (χ1) is 16.0. The van der Waals surface area contributed by atoms with Gasteiger partial charge in [-0.1, -0.05) is 59.8 Å². The maximum absolute atomic E-state index is 13.6. The molecule has 0 saturated carbocycles. The summed E-state index contributed by atoms with van der Waals surface area (Å²) in [4.78, 5) is 23.8. The molecule has 0 spiro atoms. The number of halogens is 1. The van der Waals surface area contributed by atoms with Gasteiger partial charge < -0.3 is 10.0 Å². The molecule has 0 bridgehead atoms. The number of carbonyl (C=O) groups is 1. The Balaban J connectivity index is 1.51. The van der Waals surface area contributed by atoms with E-state index in [1.165, 1.54) is 11.8 Å². The van der Waals surface area contributed by atoms with Crippen LogP contribution in [0, 0.1) is 0 Å². The van der Waals surface area contributed by atoms with Gasteiger partial charge in [-0.25, -0.2) is 4.99 Å². The summed E-state index contributed by atoms with van der Waals surface area (Å²) >= 11 is 9.13. The van der Waals surface area contributed by atoms with E-state index in [0.717, 1.165) is 21.2 Å². The molecule has 0 aromatic heterocycles. The van der Waals surface area contributed by atoms with E-state index in [1.54, 1.807) is 34.9 Å². The summed E-state index contributed by atoms with van der Waals surface area (Å²) in [5.74, 6) is 0.0714. The number of anilines is 1. The zero-order valence-electron chi connectivity index (χ0n) is 17.7. The predicted octanol–water partition coefficient (Wildman–Crippen LogP) is 6.26. The molecule has 2 aliphatic heterocycles. The lowest BCUT2D eigenvalue weighted by atomic mass is 10.1. The van der Waals surface area contributed by atoms with E-state index in [9.17, 15) is 9.90 Å². The van der Waals surface area contributed by atoms with Crippen molar-refractivity contribution < 1.29 is 9.90 Å². The number of nitrogens with zero attached hydrogens (tertiary/aromatic N) is 3. The number of phenolic OH excluding ortho intramolecular Hbond substituents is 1. The molecule has 8 heteroatoms. The standard InChI is InChI=1S/C25H20ClN3O2S2/c1-28-20-14-17(26)10-11-21(20)32-24(28)22-23(31)29(13-12-16-6-3-2-4-7-16)25(33-22)27-18-8-5-9-19(30)15-18/h2-11,14-15,30H,12-13H2,1H3. The molecule has 5 rings (SSSR count). The number of thioether (sulfide) groups is 2. The van der Waals surface area contributed by atoms with Gasteiger partial charge in [0.1, 0.15) is 10.7 Å². The summed E-state index contributed by atoms with van der Waals surface area (Å²) in [6.07, 6.45) is 0.716. The van der Waals surface area contributed by atoms with Crippen LogP contribution in [0.1, 0.15) is 5.56 Å². The van der Waals surface area contributed by atoms with E-state index in [0.29, 0.717) is 33.7 Å². The van der Waals surface area contributed by atoms with Crippen molar-refractivity contribution in [3.63, 3.8) is 0 Å². The average Bonchev–Trinajstić information content (AvgIpc) is 3.29. The molecule has 33 heavy (non-hydrogen) atoms. The van der Waals surface area contributed by atoms with Gasteiger partial charge in [0.25, 0.3) is 5.91 Å². The Morgan fingerprint density at radius 3 is 2.61 bits per heavy atom. The first kappa shape index (κ1) is 21.9. The van der Waals surface area contributed by atoms with Crippen molar-refractivity contribution in [3.05, 3.63) is 93.3 Å². The summed E-state index contributed by atoms with van der Waals surface area (Å²) in [5, 5.41) is 12.0. The summed E-state index contributed by atoms with van der Waals surface area (Å²) in [7, 11) is 1.95. The number of hydrogen-bond donors (Lipinski definition) is 1. The van der Waals surface area contributed by atoms with Crippen molar-refractivity contribution in [1.29, 1.82) is 0 Å². The molecule has 166 valence electrons. The molecule has 2 aliphatic rings. The van der Waals surface area contributed by atoms with Gasteiger partial charge in [-0.3, -0.25) is 9.69 Å². The highest BCUT2D eigenvalue weighted by molar-refractivity contribution is 8.19. The van der Waals surface area contributed by atoms with E-state index in [2.05, 4.69) is 12.1 Å². The van der Waals surface area contributed by atoms with Gasteiger partial charge in [0.2, 0.25) is 0 Å². The number of rotatable bonds is 4. The van der Waals surface area contributed by atoms with Crippen LogP contribution in [0.5, 0.6) is 5.75 Å². The Hall–Kier alpha value is -2.87. The zero-order chi connectivity index (χ0) is 22.9. The third-order valence-corrected chi connectivity index (χ3v) is 8.04. The second kappa shape index (κ2) is 9.17. The largest absolute Gasteiger partial charge is 0.508 e. The molecule has 3 aromatic carbocycles. The maximum Gasteiger partial charge on any atom is 0.269 e. The molecule has 1 saturated heterocycles. The van der Waals surface area contributed by atoms with Crippen LogP contribution in [-0.4, -0.2) is 34.7 Å². The molecule has 1 amide bonds. The molecule has 0 unspecified atom stereocenters. The highest BCUT2D eigenvalue weighted by Gasteiger charge is 2.39. The minimum Gasteiger partial charge on any atom is -0.508 e. The van der Waals surface area contributed by atoms with Gasteiger partial charge in [0.15, 0.2) is 5.17 Å². The highest BCUT2D eigenvalue weighted by Crippen LogP contribution is 2.50. The van der Waals surface area contributed by atoms with Gasteiger partial charge in [-0.2, -0.15) is 0 Å². The van der Waals surface area contributed by atoms with Crippen LogP contribution in [0.4, 0.5) is 11.4 Å². The molecule has 3 aromatic rings. The Kier molecular flexibility index (Phi) is 6.10. The van der Waals surface area contributed by atoms with Gasteiger partial charge in [0, 0.05) is 29.6 Å². The fourth-order valence-corrected chi connectivity index (χ4v) is 6.21. The summed E-state index contributed by atoms with van der Waals surface area (Å²) in [6, 6.07) is 22.6. The van der Waals surface area contributed by atoms with E-state index >= 15 is 0 Å². The van der Waals surface area contributed by atoms with Gasteiger partial charge in [-0.05, 0) is 54.1 Å². The van der Waals surface area contributed by atoms with Crippen LogP contribution in [0.15, 0.2) is 92.6 Å². The lowest BCUT2D eigenvalue weighted by Crippen LogP contribution is -2.31. The fourth-order valence-electron chi connectivity index (χ4n) is 3.69. The van der Waals surface area contributed by atoms with Gasteiger partial charge in [0.05, 0.1) is 16.4 Å². The molecule has 5 nitrogen and oxygen atoms in total. The Labute approximate surface area is 205 Å². The second-order valence-electron chi connectivity index (χ2n) is 7.62. The van der Waals surface area contributed by atoms with E-state index < -0.39 is 0 Å². The third-order valence-electron chi connectivity index (χ3n) is 5.37. The van der Waals surface area contributed by atoms with E-state index in [4.69, 9.17) is 16.6 Å². The lowest BCUT2D eigenvalue weighted by molar-refractivity contribution is -0.122. The normalized spacial score (nSPS) is 19.0. The predicted molar refractivity (Wildman–Crippen MR) is 137 cm³/mol. The summed E-state index contributed by atoms with van der Waals surface area (Å²) < 4.78 is 0. The maximum atomic E-state index is 13.6. The van der Waals surface area contributed by atoms with Crippen molar-refractivity contribution in [2.75, 3.05) is 18.5 Å². The van der Waals surface area contributed by atoms with Crippen molar-refractivity contribution in [3.8, 4) is 5.75 Å².